The van der Waals surface area contributed by atoms with E-state index in [9.17, 15) is 18.3 Å². The molecule has 0 amide bonds. The molecule has 0 aromatic heterocycles. The van der Waals surface area contributed by atoms with Crippen molar-refractivity contribution in [3.8, 4) is 5.75 Å². The third-order valence-electron chi connectivity index (χ3n) is 3.12. The molecule has 1 N–H and O–H groups in total. The SMILES string of the molecule is COC(=O)C1CCCN1S(=O)(=O)c1ccc(O)cc1. The lowest BCUT2D eigenvalue weighted by atomic mass is 10.2. The van der Waals surface area contributed by atoms with E-state index < -0.39 is 22.0 Å². The van der Waals surface area contributed by atoms with E-state index in [2.05, 4.69) is 4.74 Å². The largest absolute Gasteiger partial charge is 0.508 e. The Morgan fingerprint density at radius 3 is 2.58 bits per heavy atom. The van der Waals surface area contributed by atoms with Crippen molar-refractivity contribution in [3.05, 3.63) is 24.3 Å². The number of carbonyl (C=O) groups excluding carboxylic acids is 1. The molecule has 0 aliphatic carbocycles. The Kier molecular flexibility index (Phi) is 3.77. The Labute approximate surface area is 111 Å². The van der Waals surface area contributed by atoms with Gasteiger partial charge in [-0.25, -0.2) is 8.42 Å². The third-order valence-corrected chi connectivity index (χ3v) is 5.04. The number of phenols is 1. The van der Waals surface area contributed by atoms with Gasteiger partial charge in [0.25, 0.3) is 0 Å². The molecular weight excluding hydrogens is 270 g/mol. The predicted molar refractivity (Wildman–Crippen MR) is 67.0 cm³/mol. The maximum absolute atomic E-state index is 12.4. The number of rotatable bonds is 3. The van der Waals surface area contributed by atoms with Crippen LogP contribution in [0.3, 0.4) is 0 Å². The summed E-state index contributed by atoms with van der Waals surface area (Å²) in [5.74, 6) is -0.551. The lowest BCUT2D eigenvalue weighted by Crippen LogP contribution is -2.40. The number of benzene rings is 1. The minimum Gasteiger partial charge on any atom is -0.508 e. The van der Waals surface area contributed by atoms with Gasteiger partial charge in [-0.1, -0.05) is 0 Å². The fraction of sp³-hybridized carbons (Fsp3) is 0.417. The lowest BCUT2D eigenvalue weighted by molar-refractivity contribution is -0.144. The highest BCUT2D eigenvalue weighted by atomic mass is 32.2. The minimum absolute atomic E-state index is 0.00936. The lowest BCUT2D eigenvalue weighted by Gasteiger charge is -2.22. The first-order valence-corrected chi connectivity index (χ1v) is 7.29. The number of sulfonamides is 1. The van der Waals surface area contributed by atoms with Gasteiger partial charge >= 0.3 is 5.97 Å². The molecule has 104 valence electrons. The molecule has 0 radical (unpaired) electrons. The molecular formula is C12H15NO5S. The normalized spacial score (nSPS) is 20.4. The van der Waals surface area contributed by atoms with Crippen LogP contribution in [-0.4, -0.2) is 43.5 Å². The van der Waals surface area contributed by atoms with E-state index in [0.29, 0.717) is 19.4 Å². The fourth-order valence-electron chi connectivity index (χ4n) is 2.15. The maximum Gasteiger partial charge on any atom is 0.324 e. The number of esters is 1. The molecule has 1 aliphatic rings. The summed E-state index contributed by atoms with van der Waals surface area (Å²) in [5, 5.41) is 9.18. The Balaban J connectivity index is 2.33. The van der Waals surface area contributed by atoms with Crippen molar-refractivity contribution in [1.82, 2.24) is 4.31 Å². The van der Waals surface area contributed by atoms with Crippen LogP contribution in [-0.2, 0) is 19.6 Å². The minimum atomic E-state index is -3.74. The van der Waals surface area contributed by atoms with Gasteiger partial charge in [-0.15, -0.1) is 0 Å². The monoisotopic (exact) mass is 285 g/mol. The summed E-state index contributed by atoms with van der Waals surface area (Å²) in [6, 6.07) is 4.48. The summed E-state index contributed by atoms with van der Waals surface area (Å²) in [6.45, 7) is 0.295. The van der Waals surface area contributed by atoms with E-state index in [1.54, 1.807) is 0 Å². The van der Waals surface area contributed by atoms with Crippen molar-refractivity contribution < 1.29 is 23.1 Å². The molecule has 1 aromatic carbocycles. The van der Waals surface area contributed by atoms with Gasteiger partial charge in [0.1, 0.15) is 11.8 Å². The van der Waals surface area contributed by atoms with Gasteiger partial charge in [0, 0.05) is 6.54 Å². The summed E-state index contributed by atoms with van der Waals surface area (Å²) in [7, 11) is -2.50. The number of nitrogens with zero attached hydrogens (tertiary/aromatic N) is 1. The summed E-state index contributed by atoms with van der Waals surface area (Å²) < 4.78 is 30.6. The molecule has 7 heteroatoms. The van der Waals surface area contributed by atoms with E-state index >= 15 is 0 Å². The van der Waals surface area contributed by atoms with Gasteiger partial charge in [0.05, 0.1) is 12.0 Å². The van der Waals surface area contributed by atoms with Crippen LogP contribution in [0.4, 0.5) is 0 Å². The summed E-state index contributed by atoms with van der Waals surface area (Å²) in [6.07, 6.45) is 1.08. The zero-order valence-corrected chi connectivity index (χ0v) is 11.3. The van der Waals surface area contributed by atoms with Crippen molar-refractivity contribution in [3.63, 3.8) is 0 Å². The Bertz CT molecular complexity index is 566. The van der Waals surface area contributed by atoms with Crippen molar-refractivity contribution in [1.29, 1.82) is 0 Å². The zero-order valence-electron chi connectivity index (χ0n) is 10.4. The first-order chi connectivity index (χ1) is 8.96. The average Bonchev–Trinajstić information content (AvgIpc) is 2.88. The quantitative estimate of drug-likeness (QED) is 0.827. The van der Waals surface area contributed by atoms with E-state index in [4.69, 9.17) is 0 Å². The number of hydrogen-bond acceptors (Lipinski definition) is 5. The molecule has 1 heterocycles. The van der Waals surface area contributed by atoms with Crippen LogP contribution in [0.15, 0.2) is 29.2 Å². The molecule has 1 aliphatic heterocycles. The van der Waals surface area contributed by atoms with E-state index in [1.165, 1.54) is 31.4 Å². The topological polar surface area (TPSA) is 83.9 Å². The predicted octanol–water partition coefficient (Wildman–Crippen LogP) is 0.718. The molecule has 0 spiro atoms. The van der Waals surface area contributed by atoms with Crippen molar-refractivity contribution in [2.75, 3.05) is 13.7 Å². The van der Waals surface area contributed by atoms with Gasteiger partial charge in [-0.2, -0.15) is 4.31 Å². The number of ether oxygens (including phenoxy) is 1. The van der Waals surface area contributed by atoms with Crippen LogP contribution in [0, 0.1) is 0 Å². The second-order valence-electron chi connectivity index (χ2n) is 4.29. The first kappa shape index (κ1) is 13.8. The molecule has 1 atom stereocenters. The third kappa shape index (κ3) is 2.57. The highest BCUT2D eigenvalue weighted by molar-refractivity contribution is 7.89. The molecule has 1 saturated heterocycles. The Morgan fingerprint density at radius 1 is 1.37 bits per heavy atom. The number of hydrogen-bond donors (Lipinski definition) is 1. The molecule has 0 bridgehead atoms. The molecule has 1 aromatic rings. The highest BCUT2D eigenvalue weighted by Gasteiger charge is 2.39. The van der Waals surface area contributed by atoms with Crippen LogP contribution < -0.4 is 0 Å². The Hall–Kier alpha value is -1.60. The van der Waals surface area contributed by atoms with Crippen LogP contribution in [0.1, 0.15) is 12.8 Å². The van der Waals surface area contributed by atoms with Crippen LogP contribution >= 0.6 is 0 Å². The van der Waals surface area contributed by atoms with Crippen molar-refractivity contribution in [2.45, 2.75) is 23.8 Å². The van der Waals surface area contributed by atoms with E-state index in [0.717, 1.165) is 4.31 Å². The second-order valence-corrected chi connectivity index (χ2v) is 6.18. The zero-order chi connectivity index (χ0) is 14.0. The molecule has 6 nitrogen and oxygen atoms in total. The van der Waals surface area contributed by atoms with Crippen molar-refractivity contribution >= 4 is 16.0 Å². The standard InChI is InChI=1S/C12H15NO5S/c1-18-12(15)11-3-2-8-13(11)19(16,17)10-6-4-9(14)5-7-10/h4-7,11,14H,2-3,8H2,1H3. The molecule has 1 fully saturated rings. The molecule has 2 rings (SSSR count). The smallest absolute Gasteiger partial charge is 0.324 e. The number of aromatic hydroxyl groups is 1. The van der Waals surface area contributed by atoms with Gasteiger partial charge in [-0.05, 0) is 37.1 Å². The summed E-state index contributed by atoms with van der Waals surface area (Å²) >= 11 is 0. The van der Waals surface area contributed by atoms with Gasteiger partial charge in [0.15, 0.2) is 0 Å². The second kappa shape index (κ2) is 5.18. The van der Waals surface area contributed by atoms with Gasteiger partial charge in [-0.3, -0.25) is 4.79 Å². The number of methoxy groups -OCH3 is 1. The molecule has 19 heavy (non-hydrogen) atoms. The van der Waals surface area contributed by atoms with Crippen LogP contribution in [0.5, 0.6) is 5.75 Å². The van der Waals surface area contributed by atoms with Gasteiger partial charge in [0.2, 0.25) is 10.0 Å². The highest BCUT2D eigenvalue weighted by Crippen LogP contribution is 2.27. The number of carbonyl (C=O) groups is 1. The molecule has 0 saturated carbocycles. The first-order valence-electron chi connectivity index (χ1n) is 5.85. The average molecular weight is 285 g/mol. The Morgan fingerprint density at radius 2 is 2.00 bits per heavy atom. The van der Waals surface area contributed by atoms with E-state index in [-0.39, 0.29) is 10.6 Å². The van der Waals surface area contributed by atoms with Crippen molar-refractivity contribution in [2.24, 2.45) is 0 Å². The summed E-state index contributed by atoms with van der Waals surface area (Å²) in [4.78, 5) is 11.6. The fourth-order valence-corrected chi connectivity index (χ4v) is 3.80. The maximum atomic E-state index is 12.4. The van der Waals surface area contributed by atoms with E-state index in [1.807, 2.05) is 0 Å². The molecule has 1 unspecified atom stereocenters. The van der Waals surface area contributed by atoms with Gasteiger partial charge < -0.3 is 9.84 Å². The van der Waals surface area contributed by atoms with Crippen LogP contribution in [0.2, 0.25) is 0 Å². The van der Waals surface area contributed by atoms with Crippen LogP contribution in [0.25, 0.3) is 0 Å². The summed E-state index contributed by atoms with van der Waals surface area (Å²) in [5.41, 5.74) is 0. The number of phenolic OH excluding ortho intramolecular Hbond substituents is 1.